The van der Waals surface area contributed by atoms with Crippen molar-refractivity contribution in [2.45, 2.75) is 6.42 Å². The van der Waals surface area contributed by atoms with Crippen molar-refractivity contribution >= 4 is 17.1 Å². The topological polar surface area (TPSA) is 89.9 Å². The highest BCUT2D eigenvalue weighted by Crippen LogP contribution is 2.16. The van der Waals surface area contributed by atoms with E-state index < -0.39 is 22.2 Å². The van der Waals surface area contributed by atoms with E-state index in [1.165, 1.54) is 28.9 Å². The van der Waals surface area contributed by atoms with Crippen LogP contribution in [0.3, 0.4) is 0 Å². The molecule has 3 heterocycles. The monoisotopic (exact) mass is 274 g/mol. The molecule has 7 nitrogen and oxygen atoms in total. The van der Waals surface area contributed by atoms with Gasteiger partial charge in [0.05, 0.1) is 28.9 Å². The van der Waals surface area contributed by atoms with Gasteiger partial charge in [-0.25, -0.2) is 9.37 Å². The largest absolute Gasteiger partial charge is 0.330 e. The van der Waals surface area contributed by atoms with Crippen molar-refractivity contribution in [3.63, 3.8) is 0 Å². The lowest BCUT2D eigenvalue weighted by Crippen LogP contribution is -2.20. The number of aromatic nitrogens is 2. The molecular formula is C12H7FN4O3. The lowest BCUT2D eigenvalue weighted by molar-refractivity contribution is -0.419. The standard InChI is InChI=1S/C12H7FN4O3/c13-7-1-2-12-15-4-9(16(12)6-7)8-3-11(18)10(5-14-8)17(19)20/h1-2,4-6H,3H2. The minimum absolute atomic E-state index is 0.211. The molecule has 0 saturated heterocycles. The summed E-state index contributed by atoms with van der Waals surface area (Å²) < 4.78 is 14.7. The first-order chi connectivity index (χ1) is 9.56. The molecule has 8 heteroatoms. The van der Waals surface area contributed by atoms with Crippen LogP contribution in [0.4, 0.5) is 4.39 Å². The summed E-state index contributed by atoms with van der Waals surface area (Å²) in [5.41, 5.74) is 0.708. The van der Waals surface area contributed by atoms with Crippen LogP contribution in [-0.4, -0.2) is 25.8 Å². The molecule has 100 valence electrons. The molecule has 1 aliphatic rings. The van der Waals surface area contributed by atoms with Crippen LogP contribution in [0, 0.1) is 15.9 Å². The Labute approximate surface area is 111 Å². The number of Topliss-reactive ketones (excluding diaryl/α,β-unsaturated/α-hetero) is 1. The fraction of sp³-hybridized carbons (Fsp3) is 0.0833. The maximum Gasteiger partial charge on any atom is 0.330 e. The fourth-order valence-electron chi connectivity index (χ4n) is 1.97. The van der Waals surface area contributed by atoms with Gasteiger partial charge in [0.15, 0.2) is 0 Å². The van der Waals surface area contributed by atoms with Crippen LogP contribution < -0.4 is 0 Å². The van der Waals surface area contributed by atoms with E-state index in [-0.39, 0.29) is 6.42 Å². The highest BCUT2D eigenvalue weighted by molar-refractivity contribution is 6.16. The van der Waals surface area contributed by atoms with E-state index in [2.05, 4.69) is 9.98 Å². The minimum atomic E-state index is -0.767. The molecule has 0 radical (unpaired) electrons. The zero-order valence-electron chi connectivity index (χ0n) is 9.99. The molecule has 0 fully saturated rings. The van der Waals surface area contributed by atoms with Crippen LogP contribution in [0.5, 0.6) is 0 Å². The van der Waals surface area contributed by atoms with Crippen LogP contribution in [-0.2, 0) is 4.79 Å². The normalized spacial score (nSPS) is 15.2. The average molecular weight is 274 g/mol. The number of ketones is 1. The predicted molar refractivity (Wildman–Crippen MR) is 66.4 cm³/mol. The maximum absolute atomic E-state index is 13.2. The second-order valence-corrected chi connectivity index (χ2v) is 4.17. The van der Waals surface area contributed by atoms with Crippen LogP contribution >= 0.6 is 0 Å². The Morgan fingerprint density at radius 2 is 2.20 bits per heavy atom. The van der Waals surface area contributed by atoms with Gasteiger partial charge in [0.25, 0.3) is 0 Å². The van der Waals surface area contributed by atoms with E-state index in [4.69, 9.17) is 0 Å². The Morgan fingerprint density at radius 1 is 1.40 bits per heavy atom. The first-order valence-electron chi connectivity index (χ1n) is 5.63. The molecule has 0 saturated carbocycles. The Morgan fingerprint density at radius 3 is 2.90 bits per heavy atom. The lowest BCUT2D eigenvalue weighted by atomic mass is 10.1. The number of allylic oxidation sites excluding steroid dienone is 1. The zero-order chi connectivity index (χ0) is 14.3. The molecule has 0 bridgehead atoms. The Bertz CT molecular complexity index is 806. The van der Waals surface area contributed by atoms with E-state index in [9.17, 15) is 19.3 Å². The van der Waals surface area contributed by atoms with Crippen molar-refractivity contribution < 1.29 is 14.1 Å². The molecule has 0 atom stereocenters. The molecule has 0 aliphatic carbocycles. The van der Waals surface area contributed by atoms with Gasteiger partial charge >= 0.3 is 5.70 Å². The molecule has 2 aromatic rings. The number of nitro groups is 1. The number of aliphatic imine (C=N–C) groups is 1. The van der Waals surface area contributed by atoms with Crippen LogP contribution in [0.25, 0.3) is 5.65 Å². The van der Waals surface area contributed by atoms with Gasteiger partial charge in [-0.15, -0.1) is 0 Å². The van der Waals surface area contributed by atoms with Crippen molar-refractivity contribution in [2.24, 2.45) is 4.99 Å². The molecule has 3 rings (SSSR count). The predicted octanol–water partition coefficient (Wildman–Crippen LogP) is 1.35. The van der Waals surface area contributed by atoms with Gasteiger partial charge in [0, 0.05) is 6.20 Å². The summed E-state index contributed by atoms with van der Waals surface area (Å²) in [6.07, 6.45) is 3.38. The van der Waals surface area contributed by atoms with Crippen molar-refractivity contribution in [1.82, 2.24) is 9.38 Å². The van der Waals surface area contributed by atoms with E-state index in [1.54, 1.807) is 0 Å². The Kier molecular flexibility index (Phi) is 2.63. The number of carbonyl (C=O) groups excluding carboxylic acids is 1. The third-order valence-electron chi connectivity index (χ3n) is 2.92. The highest BCUT2D eigenvalue weighted by Gasteiger charge is 2.28. The van der Waals surface area contributed by atoms with E-state index in [0.717, 1.165) is 6.20 Å². The number of carbonyl (C=O) groups is 1. The second-order valence-electron chi connectivity index (χ2n) is 4.17. The quantitative estimate of drug-likeness (QED) is 0.610. The summed E-state index contributed by atoms with van der Waals surface area (Å²) in [7, 11) is 0. The third-order valence-corrected chi connectivity index (χ3v) is 2.92. The second kappa shape index (κ2) is 4.34. The van der Waals surface area contributed by atoms with Crippen molar-refractivity contribution in [2.75, 3.05) is 0 Å². The van der Waals surface area contributed by atoms with Gasteiger partial charge in [-0.05, 0) is 12.1 Å². The van der Waals surface area contributed by atoms with Gasteiger partial charge < -0.3 is 0 Å². The summed E-state index contributed by atoms with van der Waals surface area (Å²) in [6.45, 7) is 0. The Balaban J connectivity index is 2.11. The van der Waals surface area contributed by atoms with Crippen molar-refractivity contribution in [1.29, 1.82) is 0 Å². The molecule has 0 unspecified atom stereocenters. The van der Waals surface area contributed by atoms with Crippen molar-refractivity contribution in [3.05, 3.63) is 58.0 Å². The fourth-order valence-corrected chi connectivity index (χ4v) is 1.97. The number of halogens is 1. The number of pyridine rings is 1. The van der Waals surface area contributed by atoms with Gasteiger partial charge in [-0.2, -0.15) is 0 Å². The van der Waals surface area contributed by atoms with Crippen molar-refractivity contribution in [3.8, 4) is 0 Å². The lowest BCUT2D eigenvalue weighted by Gasteiger charge is -2.07. The van der Waals surface area contributed by atoms with E-state index in [0.29, 0.717) is 17.1 Å². The van der Waals surface area contributed by atoms with Crippen LogP contribution in [0.15, 0.2) is 41.4 Å². The summed E-state index contributed by atoms with van der Waals surface area (Å²) in [4.78, 5) is 29.5. The molecule has 0 spiro atoms. The van der Waals surface area contributed by atoms with E-state index in [1.807, 2.05) is 0 Å². The number of rotatable bonds is 2. The molecule has 0 aromatic carbocycles. The summed E-state index contributed by atoms with van der Waals surface area (Å²) in [6, 6.07) is 2.76. The average Bonchev–Trinajstić information content (AvgIpc) is 2.81. The molecule has 0 N–H and O–H groups in total. The summed E-state index contributed by atoms with van der Waals surface area (Å²) in [5, 5.41) is 10.6. The summed E-state index contributed by atoms with van der Waals surface area (Å²) >= 11 is 0. The van der Waals surface area contributed by atoms with Crippen LogP contribution in [0.2, 0.25) is 0 Å². The van der Waals surface area contributed by atoms with Crippen LogP contribution in [0.1, 0.15) is 12.1 Å². The van der Waals surface area contributed by atoms with Gasteiger partial charge in [0.2, 0.25) is 5.78 Å². The molecule has 20 heavy (non-hydrogen) atoms. The SMILES string of the molecule is O=C1CC(c2cnc3ccc(F)cn23)=NC=C1[N+](=O)[O-]. The number of hydrogen-bond acceptors (Lipinski definition) is 5. The molecule has 0 amide bonds. The highest BCUT2D eigenvalue weighted by atomic mass is 19.1. The van der Waals surface area contributed by atoms with Gasteiger partial charge in [0.1, 0.15) is 17.7 Å². The maximum atomic E-state index is 13.2. The zero-order valence-corrected chi connectivity index (χ0v) is 9.99. The molecule has 1 aliphatic heterocycles. The minimum Gasteiger partial charge on any atom is -0.296 e. The van der Waals surface area contributed by atoms with Gasteiger partial charge in [-0.1, -0.05) is 0 Å². The number of hydrogen-bond donors (Lipinski definition) is 0. The number of imidazole rings is 1. The molecular weight excluding hydrogens is 267 g/mol. The molecule has 2 aromatic heterocycles. The van der Waals surface area contributed by atoms with E-state index >= 15 is 0 Å². The first-order valence-corrected chi connectivity index (χ1v) is 5.63. The summed E-state index contributed by atoms with van der Waals surface area (Å²) in [5.74, 6) is -1.09. The third kappa shape index (κ3) is 1.87. The Hall–Kier alpha value is -2.90. The van der Waals surface area contributed by atoms with Gasteiger partial charge in [-0.3, -0.25) is 24.3 Å². The smallest absolute Gasteiger partial charge is 0.296 e. The number of fused-ring (bicyclic) bond motifs is 1. The first kappa shape index (κ1) is 12.2. The number of nitrogens with zero attached hydrogens (tertiary/aromatic N) is 4.